The average molecular weight is 347 g/mol. The summed E-state index contributed by atoms with van der Waals surface area (Å²) in [4.78, 5) is 10.4. The fourth-order valence-corrected chi connectivity index (χ4v) is 2.88. The van der Waals surface area contributed by atoms with Crippen LogP contribution in [0.3, 0.4) is 0 Å². The van der Waals surface area contributed by atoms with Crippen LogP contribution in [0.4, 0.5) is 10.2 Å². The first-order chi connectivity index (χ1) is 10.2. The lowest BCUT2D eigenvalue weighted by atomic mass is 10.0. The normalized spacial score (nSPS) is 17.8. The molecule has 1 fully saturated rings. The lowest BCUT2D eigenvalue weighted by Gasteiger charge is -2.25. The molecule has 1 aromatic carbocycles. The van der Waals surface area contributed by atoms with Gasteiger partial charge in [-0.2, -0.15) is 5.26 Å². The van der Waals surface area contributed by atoms with Crippen LogP contribution in [-0.2, 0) is 0 Å². The van der Waals surface area contributed by atoms with Crippen LogP contribution in [0.15, 0.2) is 35.1 Å². The summed E-state index contributed by atoms with van der Waals surface area (Å²) in [6.07, 6.45) is 5.03. The van der Waals surface area contributed by atoms with E-state index in [2.05, 4.69) is 30.8 Å². The van der Waals surface area contributed by atoms with Gasteiger partial charge in [0.05, 0.1) is 22.9 Å². The van der Waals surface area contributed by atoms with Gasteiger partial charge in [-0.3, -0.25) is 0 Å². The van der Waals surface area contributed by atoms with Crippen LogP contribution in [0, 0.1) is 17.1 Å². The van der Waals surface area contributed by atoms with Crippen molar-refractivity contribution in [1.29, 1.82) is 5.26 Å². The highest BCUT2D eigenvalue weighted by atomic mass is 79.9. The number of nitrogens with zero attached hydrogens (tertiary/aromatic N) is 4. The molecule has 0 spiro atoms. The summed E-state index contributed by atoms with van der Waals surface area (Å²) in [5, 5.41) is 8.77. The average Bonchev–Trinajstić information content (AvgIpc) is 2.99. The molecule has 2 aromatic rings. The van der Waals surface area contributed by atoms with E-state index >= 15 is 0 Å². The number of aromatic nitrogens is 2. The lowest BCUT2D eigenvalue weighted by Crippen LogP contribution is -2.23. The summed E-state index contributed by atoms with van der Waals surface area (Å²) in [7, 11) is 0. The molecule has 1 saturated heterocycles. The number of halogens is 2. The number of rotatable bonds is 2. The first-order valence-corrected chi connectivity index (χ1v) is 7.42. The van der Waals surface area contributed by atoms with E-state index in [-0.39, 0.29) is 11.9 Å². The molecule has 1 aromatic heterocycles. The number of hydrogen-bond acceptors (Lipinski definition) is 4. The Morgan fingerprint density at radius 2 is 2.19 bits per heavy atom. The fraction of sp³-hybridized carbons (Fsp3) is 0.267. The molecule has 1 aliphatic rings. The molecule has 0 unspecified atom stereocenters. The number of benzene rings is 1. The molecule has 1 aliphatic heterocycles. The summed E-state index contributed by atoms with van der Waals surface area (Å²) in [6, 6.07) is 7.26. The SMILES string of the molecule is N#Cc1cnc(N2CCC[C@H]2c2ccc(Br)c(F)c2)cn1. The van der Waals surface area contributed by atoms with Crippen LogP contribution in [-0.4, -0.2) is 16.5 Å². The van der Waals surface area contributed by atoms with Gasteiger partial charge in [-0.15, -0.1) is 0 Å². The van der Waals surface area contributed by atoms with Crippen LogP contribution in [0.1, 0.15) is 30.1 Å². The highest BCUT2D eigenvalue weighted by Gasteiger charge is 2.27. The molecule has 0 N–H and O–H groups in total. The summed E-state index contributed by atoms with van der Waals surface area (Å²) in [5.41, 5.74) is 1.23. The van der Waals surface area contributed by atoms with Crippen molar-refractivity contribution in [3.05, 3.63) is 52.1 Å². The molecule has 0 saturated carbocycles. The predicted octanol–water partition coefficient (Wildman–Crippen LogP) is 3.59. The van der Waals surface area contributed by atoms with Gasteiger partial charge in [0.1, 0.15) is 17.7 Å². The zero-order chi connectivity index (χ0) is 14.8. The minimum Gasteiger partial charge on any atom is -0.348 e. The van der Waals surface area contributed by atoms with Crippen molar-refractivity contribution in [1.82, 2.24) is 9.97 Å². The third kappa shape index (κ3) is 2.74. The summed E-state index contributed by atoms with van der Waals surface area (Å²) < 4.78 is 14.2. The highest BCUT2D eigenvalue weighted by Crippen LogP contribution is 2.35. The number of nitriles is 1. The standard InChI is InChI=1S/C15H12BrFN4/c16-12-4-3-10(6-13(12)17)14-2-1-5-21(14)15-9-19-11(7-18)8-20-15/h3-4,6,8-9,14H,1-2,5H2/t14-/m0/s1. The lowest BCUT2D eigenvalue weighted by molar-refractivity contribution is 0.611. The Morgan fingerprint density at radius 3 is 2.86 bits per heavy atom. The Bertz CT molecular complexity index is 696. The Hall–Kier alpha value is -2.00. The molecule has 0 amide bonds. The minimum absolute atomic E-state index is 0.0924. The smallest absolute Gasteiger partial charge is 0.158 e. The van der Waals surface area contributed by atoms with Crippen molar-refractivity contribution >= 4 is 21.7 Å². The van der Waals surface area contributed by atoms with E-state index in [0.29, 0.717) is 10.2 Å². The van der Waals surface area contributed by atoms with Gasteiger partial charge in [-0.05, 0) is 46.5 Å². The van der Waals surface area contributed by atoms with Crippen LogP contribution >= 0.6 is 15.9 Å². The Labute approximate surface area is 130 Å². The van der Waals surface area contributed by atoms with Gasteiger partial charge in [0, 0.05) is 6.54 Å². The van der Waals surface area contributed by atoms with Crippen molar-refractivity contribution in [3.63, 3.8) is 0 Å². The van der Waals surface area contributed by atoms with E-state index in [1.54, 1.807) is 18.3 Å². The van der Waals surface area contributed by atoms with E-state index in [4.69, 9.17) is 5.26 Å². The van der Waals surface area contributed by atoms with E-state index in [0.717, 1.165) is 30.8 Å². The molecule has 3 rings (SSSR count). The summed E-state index contributed by atoms with van der Waals surface area (Å²) in [6.45, 7) is 0.850. The molecule has 0 radical (unpaired) electrons. The maximum absolute atomic E-state index is 13.7. The van der Waals surface area contributed by atoms with E-state index < -0.39 is 0 Å². The molecule has 106 valence electrons. The fourth-order valence-electron chi connectivity index (χ4n) is 2.63. The molecule has 21 heavy (non-hydrogen) atoms. The number of anilines is 1. The van der Waals surface area contributed by atoms with Crippen molar-refractivity contribution in [3.8, 4) is 6.07 Å². The molecule has 1 atom stereocenters. The van der Waals surface area contributed by atoms with Gasteiger partial charge in [0.15, 0.2) is 5.69 Å². The van der Waals surface area contributed by atoms with Gasteiger partial charge < -0.3 is 4.90 Å². The van der Waals surface area contributed by atoms with Crippen molar-refractivity contribution in [2.24, 2.45) is 0 Å². The summed E-state index contributed by atoms with van der Waals surface area (Å²) in [5.74, 6) is 0.463. The van der Waals surface area contributed by atoms with Crippen LogP contribution in [0.5, 0.6) is 0 Å². The molecule has 2 heterocycles. The van der Waals surface area contributed by atoms with Crippen molar-refractivity contribution in [2.75, 3.05) is 11.4 Å². The van der Waals surface area contributed by atoms with E-state index in [1.165, 1.54) is 6.20 Å². The first-order valence-electron chi connectivity index (χ1n) is 6.63. The van der Waals surface area contributed by atoms with E-state index in [1.807, 2.05) is 12.1 Å². The highest BCUT2D eigenvalue weighted by molar-refractivity contribution is 9.10. The van der Waals surface area contributed by atoms with E-state index in [9.17, 15) is 4.39 Å². The molecule has 4 nitrogen and oxygen atoms in total. The second-order valence-corrected chi connectivity index (χ2v) is 5.75. The zero-order valence-corrected chi connectivity index (χ0v) is 12.7. The quantitative estimate of drug-likeness (QED) is 0.833. The maximum Gasteiger partial charge on any atom is 0.158 e. The van der Waals surface area contributed by atoms with Gasteiger partial charge in [0.25, 0.3) is 0 Å². The van der Waals surface area contributed by atoms with Crippen LogP contribution in [0.2, 0.25) is 0 Å². The monoisotopic (exact) mass is 346 g/mol. The molecule has 6 heteroatoms. The topological polar surface area (TPSA) is 52.8 Å². The van der Waals surface area contributed by atoms with Crippen molar-refractivity contribution < 1.29 is 4.39 Å². The molecule has 0 bridgehead atoms. The molecular formula is C15H12BrFN4. The Balaban J connectivity index is 1.91. The van der Waals surface area contributed by atoms with Crippen LogP contribution < -0.4 is 4.90 Å². The largest absolute Gasteiger partial charge is 0.348 e. The summed E-state index contributed by atoms with van der Waals surface area (Å²) >= 11 is 3.17. The molecule has 0 aliphatic carbocycles. The number of hydrogen-bond donors (Lipinski definition) is 0. The predicted molar refractivity (Wildman–Crippen MR) is 80.2 cm³/mol. The Morgan fingerprint density at radius 1 is 1.33 bits per heavy atom. The second-order valence-electron chi connectivity index (χ2n) is 4.90. The van der Waals surface area contributed by atoms with Crippen LogP contribution in [0.25, 0.3) is 0 Å². The van der Waals surface area contributed by atoms with Gasteiger partial charge in [-0.1, -0.05) is 6.07 Å². The zero-order valence-electron chi connectivity index (χ0n) is 11.1. The Kier molecular flexibility index (Phi) is 3.84. The van der Waals surface area contributed by atoms with Gasteiger partial charge in [0.2, 0.25) is 0 Å². The minimum atomic E-state index is -0.259. The van der Waals surface area contributed by atoms with Gasteiger partial charge >= 0.3 is 0 Å². The third-order valence-corrected chi connectivity index (χ3v) is 4.27. The maximum atomic E-state index is 13.7. The van der Waals surface area contributed by atoms with Crippen molar-refractivity contribution in [2.45, 2.75) is 18.9 Å². The van der Waals surface area contributed by atoms with Gasteiger partial charge in [-0.25, -0.2) is 14.4 Å². The second kappa shape index (κ2) is 5.78. The first kappa shape index (κ1) is 14.0. The third-order valence-electron chi connectivity index (χ3n) is 3.63. The molecular weight excluding hydrogens is 335 g/mol.